The van der Waals surface area contributed by atoms with Crippen molar-refractivity contribution in [2.24, 2.45) is 5.92 Å². The Balaban J connectivity index is 1.81. The van der Waals surface area contributed by atoms with Crippen LogP contribution in [0.25, 0.3) is 0 Å². The number of halogens is 1. The van der Waals surface area contributed by atoms with Gasteiger partial charge in [-0.15, -0.1) is 11.3 Å². The van der Waals surface area contributed by atoms with Gasteiger partial charge in [0, 0.05) is 28.4 Å². The minimum Gasteiger partial charge on any atom is -0.481 e. The smallest absolute Gasteiger partial charge is 0.303 e. The van der Waals surface area contributed by atoms with Gasteiger partial charge < -0.3 is 15.7 Å². The molecule has 2 amide bonds. The minimum atomic E-state index is -0.929. The van der Waals surface area contributed by atoms with Crippen molar-refractivity contribution in [3.63, 3.8) is 0 Å². The van der Waals surface area contributed by atoms with Crippen molar-refractivity contribution in [2.45, 2.75) is 45.4 Å². The van der Waals surface area contributed by atoms with E-state index in [1.165, 1.54) is 11.3 Å². The SMILES string of the molecule is C[C@H]1CCc2c(sc(NC(=O)CCCC(=O)O)c2C(=O)Nc2ccc(Cl)cc2)C1. The van der Waals surface area contributed by atoms with Crippen molar-refractivity contribution in [1.82, 2.24) is 0 Å². The molecule has 0 spiro atoms. The van der Waals surface area contributed by atoms with Gasteiger partial charge in [-0.3, -0.25) is 14.4 Å². The summed E-state index contributed by atoms with van der Waals surface area (Å²) in [5.41, 5.74) is 2.14. The highest BCUT2D eigenvalue weighted by atomic mass is 35.5. The van der Waals surface area contributed by atoms with E-state index >= 15 is 0 Å². The second kappa shape index (κ2) is 9.41. The quantitative estimate of drug-likeness (QED) is 0.573. The van der Waals surface area contributed by atoms with E-state index in [1.807, 2.05) is 0 Å². The second-order valence-electron chi connectivity index (χ2n) is 7.31. The van der Waals surface area contributed by atoms with Crippen LogP contribution in [-0.4, -0.2) is 22.9 Å². The fourth-order valence-electron chi connectivity index (χ4n) is 3.40. The Bertz CT molecular complexity index is 924. The molecule has 1 atom stereocenters. The van der Waals surface area contributed by atoms with Crippen LogP contribution in [0.4, 0.5) is 10.7 Å². The lowest BCUT2D eigenvalue weighted by atomic mass is 9.88. The number of thiophene rings is 1. The number of benzene rings is 1. The molecule has 3 rings (SSSR count). The van der Waals surface area contributed by atoms with E-state index in [0.717, 1.165) is 29.7 Å². The number of fused-ring (bicyclic) bond motifs is 1. The molecular formula is C21H23ClN2O4S. The van der Waals surface area contributed by atoms with E-state index in [9.17, 15) is 14.4 Å². The van der Waals surface area contributed by atoms with Crippen LogP contribution in [0.15, 0.2) is 24.3 Å². The number of hydrogen-bond acceptors (Lipinski definition) is 4. The third kappa shape index (κ3) is 5.58. The van der Waals surface area contributed by atoms with E-state index in [4.69, 9.17) is 16.7 Å². The Hall–Kier alpha value is -2.38. The van der Waals surface area contributed by atoms with E-state index in [0.29, 0.717) is 27.2 Å². The first kappa shape index (κ1) is 21.3. The molecule has 1 aliphatic rings. The number of carbonyl (C=O) groups is 3. The van der Waals surface area contributed by atoms with Crippen LogP contribution in [0.1, 0.15) is 53.4 Å². The van der Waals surface area contributed by atoms with Crippen LogP contribution < -0.4 is 10.6 Å². The molecular weight excluding hydrogens is 412 g/mol. The van der Waals surface area contributed by atoms with Crippen molar-refractivity contribution in [1.29, 1.82) is 0 Å². The van der Waals surface area contributed by atoms with Crippen molar-refractivity contribution in [3.8, 4) is 0 Å². The lowest BCUT2D eigenvalue weighted by molar-refractivity contribution is -0.137. The summed E-state index contributed by atoms with van der Waals surface area (Å²) in [6.07, 6.45) is 2.98. The zero-order valence-corrected chi connectivity index (χ0v) is 17.7. The first-order chi connectivity index (χ1) is 13.8. The molecule has 1 aliphatic carbocycles. The average molecular weight is 435 g/mol. The fourth-order valence-corrected chi connectivity index (χ4v) is 4.95. The number of rotatable bonds is 7. The molecule has 0 unspecified atom stereocenters. The summed E-state index contributed by atoms with van der Waals surface area (Å²) in [5, 5.41) is 15.6. The van der Waals surface area contributed by atoms with Crippen LogP contribution in [0.5, 0.6) is 0 Å². The number of carbonyl (C=O) groups excluding carboxylic acids is 2. The first-order valence-electron chi connectivity index (χ1n) is 9.56. The van der Waals surface area contributed by atoms with Crippen LogP contribution in [0.3, 0.4) is 0 Å². The third-order valence-corrected chi connectivity index (χ3v) is 6.31. The minimum absolute atomic E-state index is 0.0597. The van der Waals surface area contributed by atoms with E-state index in [-0.39, 0.29) is 31.1 Å². The number of hydrogen-bond donors (Lipinski definition) is 3. The normalized spacial score (nSPS) is 15.4. The molecule has 0 bridgehead atoms. The number of carboxylic acids is 1. The van der Waals surface area contributed by atoms with E-state index in [1.54, 1.807) is 24.3 Å². The Morgan fingerprint density at radius 3 is 2.59 bits per heavy atom. The Morgan fingerprint density at radius 1 is 1.17 bits per heavy atom. The van der Waals surface area contributed by atoms with Crippen LogP contribution >= 0.6 is 22.9 Å². The summed E-state index contributed by atoms with van der Waals surface area (Å²) in [6, 6.07) is 6.86. The van der Waals surface area contributed by atoms with E-state index in [2.05, 4.69) is 17.6 Å². The maximum absolute atomic E-state index is 13.1. The zero-order valence-electron chi connectivity index (χ0n) is 16.1. The topological polar surface area (TPSA) is 95.5 Å². The van der Waals surface area contributed by atoms with Gasteiger partial charge in [-0.05, 0) is 61.4 Å². The molecule has 0 saturated carbocycles. The molecule has 1 aromatic heterocycles. The van der Waals surface area contributed by atoms with Gasteiger partial charge in [0.1, 0.15) is 5.00 Å². The lowest BCUT2D eigenvalue weighted by Crippen LogP contribution is -2.19. The van der Waals surface area contributed by atoms with Gasteiger partial charge in [0.2, 0.25) is 5.91 Å². The molecule has 8 heteroatoms. The molecule has 0 fully saturated rings. The maximum Gasteiger partial charge on any atom is 0.303 e. The van der Waals surface area contributed by atoms with Crippen molar-refractivity contribution >= 4 is 51.4 Å². The molecule has 0 radical (unpaired) electrons. The second-order valence-corrected chi connectivity index (χ2v) is 8.85. The summed E-state index contributed by atoms with van der Waals surface area (Å²) in [4.78, 5) is 37.1. The van der Waals surface area contributed by atoms with Gasteiger partial charge >= 0.3 is 5.97 Å². The molecule has 154 valence electrons. The largest absolute Gasteiger partial charge is 0.481 e. The number of carboxylic acid groups (broad SMARTS) is 1. The van der Waals surface area contributed by atoms with Gasteiger partial charge in [0.25, 0.3) is 5.91 Å². The summed E-state index contributed by atoms with van der Waals surface area (Å²) in [7, 11) is 0. The highest BCUT2D eigenvalue weighted by Crippen LogP contribution is 2.40. The molecule has 3 N–H and O–H groups in total. The zero-order chi connectivity index (χ0) is 21.0. The van der Waals surface area contributed by atoms with Crippen molar-refractivity contribution in [3.05, 3.63) is 45.3 Å². The Labute approximate surface area is 178 Å². The van der Waals surface area contributed by atoms with Crippen LogP contribution in [0, 0.1) is 5.92 Å². The highest BCUT2D eigenvalue weighted by molar-refractivity contribution is 7.17. The lowest BCUT2D eigenvalue weighted by Gasteiger charge is -2.18. The maximum atomic E-state index is 13.1. The standard InChI is InChI=1S/C21H23ClN2O4S/c1-12-5-10-15-16(11-12)29-21(24-17(25)3-2-4-18(26)27)19(15)20(28)23-14-8-6-13(22)7-9-14/h6-9,12H,2-5,10-11H2,1H3,(H,23,28)(H,24,25)(H,26,27)/t12-/m0/s1. The Kier molecular flexibility index (Phi) is 6.92. The molecule has 0 aliphatic heterocycles. The molecule has 1 heterocycles. The van der Waals surface area contributed by atoms with Gasteiger partial charge in [0.15, 0.2) is 0 Å². The van der Waals surface area contributed by atoms with Crippen molar-refractivity contribution < 1.29 is 19.5 Å². The molecule has 2 aromatic rings. The number of aliphatic carboxylic acids is 1. The van der Waals surface area contributed by atoms with E-state index < -0.39 is 5.97 Å². The first-order valence-corrected chi connectivity index (χ1v) is 10.8. The molecule has 6 nitrogen and oxygen atoms in total. The van der Waals surface area contributed by atoms with Gasteiger partial charge in [-0.2, -0.15) is 0 Å². The molecule has 29 heavy (non-hydrogen) atoms. The predicted molar refractivity (Wildman–Crippen MR) is 115 cm³/mol. The summed E-state index contributed by atoms with van der Waals surface area (Å²) in [5.74, 6) is -0.937. The summed E-state index contributed by atoms with van der Waals surface area (Å²) in [6.45, 7) is 2.18. The third-order valence-electron chi connectivity index (χ3n) is 4.89. The number of amides is 2. The monoisotopic (exact) mass is 434 g/mol. The number of anilines is 2. The summed E-state index contributed by atoms with van der Waals surface area (Å²) < 4.78 is 0. The predicted octanol–water partition coefficient (Wildman–Crippen LogP) is 4.97. The van der Waals surface area contributed by atoms with Crippen molar-refractivity contribution in [2.75, 3.05) is 10.6 Å². The van der Waals surface area contributed by atoms with Gasteiger partial charge in [-0.25, -0.2) is 0 Å². The fraction of sp³-hybridized carbons (Fsp3) is 0.381. The van der Waals surface area contributed by atoms with Crippen LogP contribution in [0.2, 0.25) is 5.02 Å². The van der Waals surface area contributed by atoms with Gasteiger partial charge in [-0.1, -0.05) is 18.5 Å². The average Bonchev–Trinajstić information content (AvgIpc) is 3.00. The summed E-state index contributed by atoms with van der Waals surface area (Å²) >= 11 is 7.35. The van der Waals surface area contributed by atoms with Crippen LogP contribution in [-0.2, 0) is 22.4 Å². The van der Waals surface area contributed by atoms with Gasteiger partial charge in [0.05, 0.1) is 5.56 Å². The number of nitrogens with one attached hydrogen (secondary N) is 2. The highest BCUT2D eigenvalue weighted by Gasteiger charge is 2.28. The Morgan fingerprint density at radius 2 is 1.90 bits per heavy atom. The molecule has 0 saturated heterocycles. The molecule has 1 aromatic carbocycles.